The van der Waals surface area contributed by atoms with Gasteiger partial charge in [0.25, 0.3) is 0 Å². The van der Waals surface area contributed by atoms with E-state index in [4.69, 9.17) is 0 Å². The number of carbonyl (C=O) groups is 1. The summed E-state index contributed by atoms with van der Waals surface area (Å²) in [7, 11) is 0. The molecule has 0 bridgehead atoms. The molecule has 0 radical (unpaired) electrons. The fraction of sp³-hybridized carbons (Fsp3) is 0.400. The van der Waals surface area contributed by atoms with Crippen molar-refractivity contribution in [3.8, 4) is 5.69 Å². The second-order valence-electron chi connectivity index (χ2n) is 5.29. The number of rotatable bonds is 4. The van der Waals surface area contributed by atoms with Crippen LogP contribution in [0.5, 0.6) is 0 Å². The van der Waals surface area contributed by atoms with Crippen LogP contribution in [0.3, 0.4) is 0 Å². The van der Waals surface area contributed by atoms with Gasteiger partial charge >= 0.3 is 0 Å². The lowest BCUT2D eigenvalue weighted by Crippen LogP contribution is -2.05. The summed E-state index contributed by atoms with van der Waals surface area (Å²) < 4.78 is 1.75. The predicted octanol–water partition coefficient (Wildman–Crippen LogP) is 3.33. The van der Waals surface area contributed by atoms with Gasteiger partial charge in [0, 0.05) is 0 Å². The van der Waals surface area contributed by atoms with Crippen LogP contribution in [0, 0.1) is 0 Å². The topological polar surface area (TPSA) is 47.8 Å². The van der Waals surface area contributed by atoms with Crippen LogP contribution in [0.2, 0.25) is 0 Å². The van der Waals surface area contributed by atoms with Gasteiger partial charge in [0.2, 0.25) is 0 Å². The standard InChI is InChI=1S/C15H19N3O/c1-10(2)12-5-7-13(8-6-12)18-15(11(3)4)14(9-19)16-17-18/h5-11H,1-4H3. The molecule has 0 aliphatic carbocycles. The molecule has 0 unspecified atom stereocenters. The van der Waals surface area contributed by atoms with E-state index in [1.165, 1.54) is 5.56 Å². The molecule has 4 heteroatoms. The van der Waals surface area contributed by atoms with Crippen molar-refractivity contribution in [1.82, 2.24) is 15.0 Å². The smallest absolute Gasteiger partial charge is 0.172 e. The Hall–Kier alpha value is -1.97. The van der Waals surface area contributed by atoms with Gasteiger partial charge in [-0.05, 0) is 29.5 Å². The zero-order valence-corrected chi connectivity index (χ0v) is 11.8. The lowest BCUT2D eigenvalue weighted by Gasteiger charge is -2.11. The minimum atomic E-state index is 0.194. The Balaban J connectivity index is 2.47. The Morgan fingerprint density at radius 3 is 2.16 bits per heavy atom. The molecule has 0 amide bonds. The van der Waals surface area contributed by atoms with Crippen molar-refractivity contribution in [2.45, 2.75) is 39.5 Å². The summed E-state index contributed by atoms with van der Waals surface area (Å²) in [5.41, 5.74) is 3.49. The van der Waals surface area contributed by atoms with Crippen LogP contribution in [0.4, 0.5) is 0 Å². The van der Waals surface area contributed by atoms with Crippen LogP contribution in [0.1, 0.15) is 61.3 Å². The summed E-state index contributed by atoms with van der Waals surface area (Å²) in [5.74, 6) is 0.694. The van der Waals surface area contributed by atoms with Crippen LogP contribution in [0.25, 0.3) is 5.69 Å². The Labute approximate surface area is 113 Å². The molecular formula is C15H19N3O. The summed E-state index contributed by atoms with van der Waals surface area (Å²) in [6, 6.07) is 8.22. The highest BCUT2D eigenvalue weighted by Gasteiger charge is 2.16. The Kier molecular flexibility index (Phi) is 3.79. The Morgan fingerprint density at radius 1 is 1.05 bits per heavy atom. The highest BCUT2D eigenvalue weighted by Crippen LogP contribution is 2.22. The van der Waals surface area contributed by atoms with Gasteiger partial charge in [0.1, 0.15) is 5.69 Å². The van der Waals surface area contributed by atoms with E-state index in [9.17, 15) is 4.79 Å². The van der Waals surface area contributed by atoms with Gasteiger partial charge in [-0.2, -0.15) is 0 Å². The second kappa shape index (κ2) is 5.34. The van der Waals surface area contributed by atoms with E-state index in [1.807, 2.05) is 26.0 Å². The maximum atomic E-state index is 11.0. The minimum absolute atomic E-state index is 0.194. The van der Waals surface area contributed by atoms with Crippen molar-refractivity contribution in [1.29, 1.82) is 0 Å². The molecule has 0 aliphatic rings. The van der Waals surface area contributed by atoms with Gasteiger partial charge < -0.3 is 0 Å². The SMILES string of the molecule is CC(C)c1ccc(-n2nnc(C=O)c2C(C)C)cc1. The van der Waals surface area contributed by atoms with E-state index < -0.39 is 0 Å². The number of hydrogen-bond donors (Lipinski definition) is 0. The lowest BCUT2D eigenvalue weighted by molar-refractivity contribution is 0.111. The average Bonchev–Trinajstić information content (AvgIpc) is 2.82. The summed E-state index contributed by atoms with van der Waals surface area (Å²) in [6.07, 6.45) is 0.765. The van der Waals surface area contributed by atoms with Crippen LogP contribution in [0.15, 0.2) is 24.3 Å². The predicted molar refractivity (Wildman–Crippen MR) is 74.9 cm³/mol. The van der Waals surface area contributed by atoms with E-state index in [-0.39, 0.29) is 5.92 Å². The summed E-state index contributed by atoms with van der Waals surface area (Å²) in [5, 5.41) is 8.02. The Morgan fingerprint density at radius 2 is 1.68 bits per heavy atom. The summed E-state index contributed by atoms with van der Waals surface area (Å²) in [6.45, 7) is 8.39. The summed E-state index contributed by atoms with van der Waals surface area (Å²) >= 11 is 0. The van der Waals surface area contributed by atoms with Crippen LogP contribution >= 0.6 is 0 Å². The van der Waals surface area contributed by atoms with Gasteiger partial charge in [-0.1, -0.05) is 45.0 Å². The van der Waals surface area contributed by atoms with E-state index in [0.29, 0.717) is 11.6 Å². The monoisotopic (exact) mass is 257 g/mol. The number of carbonyl (C=O) groups excluding carboxylic acids is 1. The average molecular weight is 257 g/mol. The molecule has 0 fully saturated rings. The van der Waals surface area contributed by atoms with Crippen LogP contribution in [-0.4, -0.2) is 21.3 Å². The molecule has 2 aromatic rings. The number of hydrogen-bond acceptors (Lipinski definition) is 3. The van der Waals surface area contributed by atoms with Crippen molar-refractivity contribution in [3.05, 3.63) is 41.2 Å². The molecule has 19 heavy (non-hydrogen) atoms. The third kappa shape index (κ3) is 2.57. The van der Waals surface area contributed by atoms with Crippen molar-refractivity contribution >= 4 is 6.29 Å². The zero-order valence-electron chi connectivity index (χ0n) is 11.8. The van der Waals surface area contributed by atoms with Gasteiger partial charge in [-0.25, -0.2) is 4.68 Å². The molecule has 1 aromatic carbocycles. The van der Waals surface area contributed by atoms with Crippen LogP contribution < -0.4 is 0 Å². The molecule has 100 valence electrons. The number of nitrogens with zero attached hydrogens (tertiary/aromatic N) is 3. The zero-order chi connectivity index (χ0) is 14.0. The molecule has 0 atom stereocenters. The first-order chi connectivity index (χ1) is 9.04. The molecule has 0 spiro atoms. The molecule has 0 saturated heterocycles. The fourth-order valence-electron chi connectivity index (χ4n) is 2.12. The quantitative estimate of drug-likeness (QED) is 0.789. The third-order valence-electron chi connectivity index (χ3n) is 3.20. The van der Waals surface area contributed by atoms with Gasteiger partial charge in [-0.15, -0.1) is 5.10 Å². The normalized spacial score (nSPS) is 11.3. The molecule has 4 nitrogen and oxygen atoms in total. The van der Waals surface area contributed by atoms with Crippen molar-refractivity contribution in [3.63, 3.8) is 0 Å². The molecule has 0 N–H and O–H groups in total. The minimum Gasteiger partial charge on any atom is -0.296 e. The Bertz CT molecular complexity index is 568. The number of aromatic nitrogens is 3. The highest BCUT2D eigenvalue weighted by molar-refractivity contribution is 5.73. The molecule has 1 heterocycles. The van der Waals surface area contributed by atoms with Gasteiger partial charge in [0.15, 0.2) is 6.29 Å². The first-order valence-corrected chi connectivity index (χ1v) is 6.55. The maximum absolute atomic E-state index is 11.0. The van der Waals surface area contributed by atoms with Gasteiger partial charge in [-0.3, -0.25) is 4.79 Å². The lowest BCUT2D eigenvalue weighted by atomic mass is 10.0. The molecule has 0 saturated carbocycles. The third-order valence-corrected chi connectivity index (χ3v) is 3.20. The molecular weight excluding hydrogens is 238 g/mol. The second-order valence-corrected chi connectivity index (χ2v) is 5.29. The van der Waals surface area contributed by atoms with Gasteiger partial charge in [0.05, 0.1) is 11.4 Å². The highest BCUT2D eigenvalue weighted by atomic mass is 16.1. The largest absolute Gasteiger partial charge is 0.296 e. The van der Waals surface area contributed by atoms with Crippen molar-refractivity contribution in [2.75, 3.05) is 0 Å². The van der Waals surface area contributed by atoms with Crippen molar-refractivity contribution < 1.29 is 4.79 Å². The number of benzene rings is 1. The summed E-state index contributed by atoms with van der Waals surface area (Å²) in [4.78, 5) is 11.0. The number of aldehydes is 1. The van der Waals surface area contributed by atoms with E-state index >= 15 is 0 Å². The van der Waals surface area contributed by atoms with E-state index in [2.05, 4.69) is 36.3 Å². The molecule has 1 aromatic heterocycles. The molecule has 2 rings (SSSR count). The first kappa shape index (κ1) is 13.5. The van der Waals surface area contributed by atoms with Crippen LogP contribution in [-0.2, 0) is 0 Å². The first-order valence-electron chi connectivity index (χ1n) is 6.55. The van der Waals surface area contributed by atoms with Crippen molar-refractivity contribution in [2.24, 2.45) is 0 Å². The maximum Gasteiger partial charge on any atom is 0.172 e. The van der Waals surface area contributed by atoms with E-state index in [0.717, 1.165) is 17.7 Å². The fourth-order valence-corrected chi connectivity index (χ4v) is 2.12. The molecule has 0 aliphatic heterocycles. The van der Waals surface area contributed by atoms with E-state index in [1.54, 1.807) is 4.68 Å².